The molecule has 0 aromatic rings. The highest BCUT2D eigenvalue weighted by molar-refractivity contribution is 5.78. The second-order valence-electron chi connectivity index (χ2n) is 2.34. The Balaban J connectivity index is 4.08. The average molecular weight is 149 g/mol. The van der Waals surface area contributed by atoms with E-state index in [1.807, 2.05) is 0 Å². The van der Waals surface area contributed by atoms with Crippen molar-refractivity contribution in [2.24, 2.45) is 5.73 Å². The van der Waals surface area contributed by atoms with E-state index >= 15 is 0 Å². The third-order valence-electron chi connectivity index (χ3n) is 1.36. The molecule has 0 amide bonds. The van der Waals surface area contributed by atoms with Crippen LogP contribution in [0.25, 0.3) is 0 Å². The molecule has 0 spiro atoms. The van der Waals surface area contributed by atoms with Gasteiger partial charge in [-0.25, -0.2) is 4.39 Å². The van der Waals surface area contributed by atoms with Gasteiger partial charge in [0, 0.05) is 0 Å². The van der Waals surface area contributed by atoms with Gasteiger partial charge >= 0.3 is 5.97 Å². The number of halogens is 1. The quantitative estimate of drug-likeness (QED) is 0.613. The Bertz CT molecular complexity index is 129. The first kappa shape index (κ1) is 9.36. The maximum atomic E-state index is 12.0. The van der Waals surface area contributed by atoms with Crippen LogP contribution < -0.4 is 5.73 Å². The van der Waals surface area contributed by atoms with Crippen molar-refractivity contribution in [1.29, 1.82) is 0 Å². The molecule has 0 saturated carbocycles. The van der Waals surface area contributed by atoms with Crippen LogP contribution in [0.1, 0.15) is 19.8 Å². The minimum Gasteiger partial charge on any atom is -0.480 e. The summed E-state index contributed by atoms with van der Waals surface area (Å²) in [6.07, 6.45) is 0.756. The first-order chi connectivity index (χ1) is 4.56. The van der Waals surface area contributed by atoms with Crippen molar-refractivity contribution in [3.8, 4) is 0 Å². The van der Waals surface area contributed by atoms with E-state index in [0.717, 1.165) is 0 Å². The zero-order valence-electron chi connectivity index (χ0n) is 5.93. The van der Waals surface area contributed by atoms with Crippen molar-refractivity contribution in [1.82, 2.24) is 0 Å². The first-order valence-electron chi connectivity index (χ1n) is 3.15. The molecule has 0 bridgehead atoms. The largest absolute Gasteiger partial charge is 0.480 e. The van der Waals surface area contributed by atoms with Gasteiger partial charge in [-0.1, -0.05) is 13.3 Å². The molecule has 0 radical (unpaired) electrons. The van der Waals surface area contributed by atoms with Crippen molar-refractivity contribution in [2.45, 2.75) is 25.3 Å². The van der Waals surface area contributed by atoms with Crippen LogP contribution >= 0.6 is 0 Å². The highest BCUT2D eigenvalue weighted by Crippen LogP contribution is 2.09. The second kappa shape index (κ2) is 3.51. The van der Waals surface area contributed by atoms with E-state index in [4.69, 9.17) is 10.8 Å². The van der Waals surface area contributed by atoms with Crippen molar-refractivity contribution < 1.29 is 14.3 Å². The molecule has 0 rings (SSSR count). The van der Waals surface area contributed by atoms with Crippen molar-refractivity contribution >= 4 is 5.97 Å². The molecule has 3 N–H and O–H groups in total. The lowest BCUT2D eigenvalue weighted by Crippen LogP contribution is -2.49. The SMILES string of the molecule is CCCC(N)(CF)C(=O)O. The smallest absolute Gasteiger partial charge is 0.326 e. The second-order valence-corrected chi connectivity index (χ2v) is 2.34. The van der Waals surface area contributed by atoms with Gasteiger partial charge in [0.1, 0.15) is 12.2 Å². The van der Waals surface area contributed by atoms with Gasteiger partial charge in [0.15, 0.2) is 0 Å². The number of carboxylic acids is 1. The number of carbonyl (C=O) groups is 1. The lowest BCUT2D eigenvalue weighted by molar-refractivity contribution is -0.144. The molecule has 0 aliphatic rings. The van der Waals surface area contributed by atoms with Crippen LogP contribution in [0.5, 0.6) is 0 Å². The van der Waals surface area contributed by atoms with E-state index in [0.29, 0.717) is 6.42 Å². The Morgan fingerprint density at radius 2 is 2.30 bits per heavy atom. The number of rotatable bonds is 4. The minimum absolute atomic E-state index is 0.179. The zero-order valence-corrected chi connectivity index (χ0v) is 5.93. The van der Waals surface area contributed by atoms with Crippen molar-refractivity contribution in [3.05, 3.63) is 0 Å². The third-order valence-corrected chi connectivity index (χ3v) is 1.36. The van der Waals surface area contributed by atoms with E-state index in [2.05, 4.69) is 0 Å². The van der Waals surface area contributed by atoms with Gasteiger partial charge in [0.2, 0.25) is 0 Å². The molecule has 60 valence electrons. The fourth-order valence-corrected chi connectivity index (χ4v) is 0.677. The van der Waals surface area contributed by atoms with Gasteiger partial charge in [-0.2, -0.15) is 0 Å². The van der Waals surface area contributed by atoms with Crippen LogP contribution in [0, 0.1) is 0 Å². The lowest BCUT2D eigenvalue weighted by Gasteiger charge is -2.19. The molecule has 0 heterocycles. The average Bonchev–Trinajstić information content (AvgIpc) is 1.88. The Hall–Kier alpha value is -0.640. The van der Waals surface area contributed by atoms with Gasteiger partial charge < -0.3 is 10.8 Å². The number of hydrogen-bond acceptors (Lipinski definition) is 2. The van der Waals surface area contributed by atoms with Crippen molar-refractivity contribution in [3.63, 3.8) is 0 Å². The zero-order chi connectivity index (χ0) is 8.20. The fraction of sp³-hybridized carbons (Fsp3) is 0.833. The number of nitrogens with two attached hydrogens (primary N) is 1. The molecule has 10 heavy (non-hydrogen) atoms. The molecule has 0 aromatic carbocycles. The van der Waals surface area contributed by atoms with Crippen LogP contribution in [0.15, 0.2) is 0 Å². The molecule has 0 aromatic heterocycles. The number of hydrogen-bond donors (Lipinski definition) is 2. The predicted octanol–water partition coefficient (Wildman–Crippen LogP) is 0.538. The highest BCUT2D eigenvalue weighted by Gasteiger charge is 2.32. The Kier molecular flexibility index (Phi) is 3.28. The topological polar surface area (TPSA) is 63.3 Å². The molecule has 3 nitrogen and oxygen atoms in total. The summed E-state index contributed by atoms with van der Waals surface area (Å²) in [5.41, 5.74) is 3.52. The Morgan fingerprint density at radius 1 is 1.80 bits per heavy atom. The summed E-state index contributed by atoms with van der Waals surface area (Å²) in [5.74, 6) is -1.27. The van der Waals surface area contributed by atoms with Crippen LogP contribution in [0.3, 0.4) is 0 Å². The number of carboxylic acid groups (broad SMARTS) is 1. The molecular weight excluding hydrogens is 137 g/mol. The summed E-state index contributed by atoms with van der Waals surface area (Å²) in [6.45, 7) is 0.760. The lowest BCUT2D eigenvalue weighted by atomic mass is 9.97. The minimum atomic E-state index is -1.66. The third kappa shape index (κ3) is 1.95. The summed E-state index contributed by atoms with van der Waals surface area (Å²) in [4.78, 5) is 10.3. The summed E-state index contributed by atoms with van der Waals surface area (Å²) >= 11 is 0. The number of alkyl halides is 1. The van der Waals surface area contributed by atoms with Crippen LogP contribution in [0.4, 0.5) is 4.39 Å². The standard InChI is InChI=1S/C6H12FNO2/c1-2-3-6(8,4-7)5(9)10/h2-4,8H2,1H3,(H,9,10). The van der Waals surface area contributed by atoms with Crippen LogP contribution in [-0.2, 0) is 4.79 Å². The molecule has 0 aliphatic heterocycles. The summed E-state index contributed by atoms with van der Waals surface area (Å²) in [5, 5.41) is 8.40. The van der Waals surface area contributed by atoms with E-state index in [1.165, 1.54) is 0 Å². The molecular formula is C6H12FNO2. The number of aliphatic carboxylic acids is 1. The monoisotopic (exact) mass is 149 g/mol. The normalized spacial score (nSPS) is 16.3. The van der Waals surface area contributed by atoms with Gasteiger partial charge in [-0.05, 0) is 6.42 Å². The van der Waals surface area contributed by atoms with Gasteiger partial charge in [-0.3, -0.25) is 4.79 Å². The fourth-order valence-electron chi connectivity index (χ4n) is 0.677. The molecule has 0 fully saturated rings. The molecule has 1 atom stereocenters. The Morgan fingerprint density at radius 3 is 2.40 bits per heavy atom. The van der Waals surface area contributed by atoms with E-state index in [-0.39, 0.29) is 6.42 Å². The Labute approximate surface area is 59.0 Å². The van der Waals surface area contributed by atoms with Gasteiger partial charge in [0.05, 0.1) is 0 Å². The van der Waals surface area contributed by atoms with Gasteiger partial charge in [0.25, 0.3) is 0 Å². The molecule has 4 heteroatoms. The maximum Gasteiger partial charge on any atom is 0.326 e. The van der Waals surface area contributed by atoms with E-state index in [9.17, 15) is 9.18 Å². The summed E-state index contributed by atoms with van der Waals surface area (Å²) in [6, 6.07) is 0. The molecule has 0 aliphatic carbocycles. The van der Waals surface area contributed by atoms with Crippen molar-refractivity contribution in [2.75, 3.05) is 6.67 Å². The van der Waals surface area contributed by atoms with E-state index < -0.39 is 18.2 Å². The van der Waals surface area contributed by atoms with Crippen LogP contribution in [-0.4, -0.2) is 23.3 Å². The van der Waals surface area contributed by atoms with Gasteiger partial charge in [-0.15, -0.1) is 0 Å². The van der Waals surface area contributed by atoms with E-state index in [1.54, 1.807) is 6.92 Å². The molecule has 1 unspecified atom stereocenters. The maximum absolute atomic E-state index is 12.0. The highest BCUT2D eigenvalue weighted by atomic mass is 19.1. The summed E-state index contributed by atoms with van der Waals surface area (Å²) in [7, 11) is 0. The predicted molar refractivity (Wildman–Crippen MR) is 35.4 cm³/mol. The molecule has 0 saturated heterocycles. The summed E-state index contributed by atoms with van der Waals surface area (Å²) < 4.78 is 12.0. The van der Waals surface area contributed by atoms with Crippen LogP contribution in [0.2, 0.25) is 0 Å². The first-order valence-corrected chi connectivity index (χ1v) is 3.15.